The van der Waals surface area contributed by atoms with Gasteiger partial charge >= 0.3 is 5.97 Å². The minimum atomic E-state index is -3.77. The van der Waals surface area contributed by atoms with Gasteiger partial charge in [0.15, 0.2) is 11.6 Å². The lowest BCUT2D eigenvalue weighted by Gasteiger charge is -2.34. The van der Waals surface area contributed by atoms with Gasteiger partial charge in [0.05, 0.1) is 29.8 Å². The first-order chi connectivity index (χ1) is 15.0. The highest BCUT2D eigenvalue weighted by molar-refractivity contribution is 7.85. The molecule has 32 heavy (non-hydrogen) atoms. The molecular weight excluding hydrogens is 447 g/mol. The third-order valence-electron chi connectivity index (χ3n) is 6.14. The molecule has 10 nitrogen and oxygen atoms in total. The maximum absolute atomic E-state index is 15.3. The molecule has 1 aromatic carbocycles. The van der Waals surface area contributed by atoms with Crippen LogP contribution in [0, 0.1) is 5.82 Å². The fourth-order valence-electron chi connectivity index (χ4n) is 4.61. The van der Waals surface area contributed by atoms with Crippen LogP contribution in [-0.2, 0) is 14.3 Å². The second-order valence-corrected chi connectivity index (χ2v) is 10.4. The van der Waals surface area contributed by atoms with Crippen molar-refractivity contribution < 1.29 is 36.7 Å². The van der Waals surface area contributed by atoms with Crippen molar-refractivity contribution in [2.75, 3.05) is 30.9 Å². The zero-order valence-electron chi connectivity index (χ0n) is 17.1. The van der Waals surface area contributed by atoms with E-state index in [2.05, 4.69) is 0 Å². The number of carboxylic acids is 1. The molecule has 0 spiro atoms. The van der Waals surface area contributed by atoms with Gasteiger partial charge in [0.2, 0.25) is 5.43 Å². The summed E-state index contributed by atoms with van der Waals surface area (Å²) in [7, 11) is -3.77. The Balaban J connectivity index is 1.65. The van der Waals surface area contributed by atoms with E-state index in [0.29, 0.717) is 5.52 Å². The van der Waals surface area contributed by atoms with E-state index in [1.165, 1.54) is 6.20 Å². The average molecular weight is 468 g/mol. The molecule has 5 rings (SSSR count). The highest BCUT2D eigenvalue weighted by Gasteiger charge is 2.48. The predicted octanol–water partition coefficient (Wildman–Crippen LogP) is 0.852. The highest BCUT2D eigenvalue weighted by Crippen LogP contribution is 2.48. The van der Waals surface area contributed by atoms with Crippen LogP contribution < -0.4 is 15.1 Å². The van der Waals surface area contributed by atoms with E-state index in [1.54, 1.807) is 9.47 Å². The van der Waals surface area contributed by atoms with Gasteiger partial charge in [-0.3, -0.25) is 8.98 Å². The van der Waals surface area contributed by atoms with E-state index in [9.17, 15) is 28.2 Å². The summed E-state index contributed by atoms with van der Waals surface area (Å²) in [6.45, 7) is -0.489. The standard InChI is InChI=1S/C20H21FN2O8S/c1-32(28,29)31-9-20(27)5-11-7-30-18-15-12(4-14(21)16(18)23(11)8-20)17(24)13(19(25)26)6-22(15)10-2-3-10/h4,6,10-11,27H,2-3,5,7-9H2,1H3,(H,25,26)/t11-,20-/m0/s1. The van der Waals surface area contributed by atoms with Crippen molar-refractivity contribution in [1.82, 2.24) is 4.57 Å². The summed E-state index contributed by atoms with van der Waals surface area (Å²) in [5.74, 6) is -2.06. The summed E-state index contributed by atoms with van der Waals surface area (Å²) >= 11 is 0. The number of rotatable bonds is 5. The summed E-state index contributed by atoms with van der Waals surface area (Å²) < 4.78 is 50.3. The van der Waals surface area contributed by atoms with E-state index >= 15 is 4.39 Å². The quantitative estimate of drug-likeness (QED) is 0.612. The van der Waals surface area contributed by atoms with Crippen LogP contribution in [0.3, 0.4) is 0 Å². The first-order valence-corrected chi connectivity index (χ1v) is 11.9. The van der Waals surface area contributed by atoms with Gasteiger partial charge in [0.25, 0.3) is 10.1 Å². The molecule has 2 aliphatic heterocycles. The summed E-state index contributed by atoms with van der Waals surface area (Å²) in [6, 6.07) is 0.561. The van der Waals surface area contributed by atoms with Crippen molar-refractivity contribution in [1.29, 1.82) is 0 Å². The van der Waals surface area contributed by atoms with Crippen molar-refractivity contribution >= 4 is 32.7 Å². The summed E-state index contributed by atoms with van der Waals surface area (Å²) in [5, 5.41) is 20.2. The van der Waals surface area contributed by atoms with Crippen LogP contribution >= 0.6 is 0 Å². The molecule has 12 heteroatoms. The molecule has 0 radical (unpaired) electrons. The number of aromatic carboxylic acids is 1. The number of pyridine rings is 1. The SMILES string of the molecule is CS(=O)(=O)OC[C@]1(O)C[C@H]2COc3c(c(F)cc4c(=O)c(C(=O)O)cn(C5CC5)c34)N2C1. The molecule has 1 aliphatic carbocycles. The third-order valence-corrected chi connectivity index (χ3v) is 6.68. The van der Waals surface area contributed by atoms with Crippen molar-refractivity contribution in [2.45, 2.75) is 36.9 Å². The topological polar surface area (TPSA) is 135 Å². The first kappa shape index (κ1) is 21.2. The number of benzene rings is 1. The number of carboxylic acid groups (broad SMARTS) is 1. The lowest BCUT2D eigenvalue weighted by Crippen LogP contribution is -2.41. The van der Waals surface area contributed by atoms with Gasteiger partial charge < -0.3 is 24.4 Å². The first-order valence-electron chi connectivity index (χ1n) is 10.1. The van der Waals surface area contributed by atoms with Crippen LogP contribution in [0.15, 0.2) is 17.1 Å². The van der Waals surface area contributed by atoms with Crippen LogP contribution in [-0.4, -0.2) is 66.8 Å². The monoisotopic (exact) mass is 468 g/mol. The maximum atomic E-state index is 15.3. The minimum absolute atomic E-state index is 0.0224. The number of aliphatic hydroxyl groups is 1. The van der Waals surface area contributed by atoms with Crippen LogP contribution in [0.1, 0.15) is 35.7 Å². The van der Waals surface area contributed by atoms with Crippen LogP contribution in [0.2, 0.25) is 0 Å². The van der Waals surface area contributed by atoms with Gasteiger partial charge in [-0.2, -0.15) is 8.42 Å². The Kier molecular flexibility index (Phi) is 4.56. The molecule has 3 aliphatic rings. The number of ether oxygens (including phenoxy) is 1. The lowest BCUT2D eigenvalue weighted by molar-refractivity contribution is 0.0133. The van der Waals surface area contributed by atoms with Gasteiger partial charge in [-0.05, 0) is 18.9 Å². The summed E-state index contributed by atoms with van der Waals surface area (Å²) in [4.78, 5) is 25.9. The van der Waals surface area contributed by atoms with Crippen molar-refractivity contribution in [3.63, 3.8) is 0 Å². The second-order valence-electron chi connectivity index (χ2n) is 8.74. The Morgan fingerprint density at radius 2 is 2.09 bits per heavy atom. The molecule has 1 aromatic heterocycles. The zero-order valence-corrected chi connectivity index (χ0v) is 17.9. The van der Waals surface area contributed by atoms with Crippen LogP contribution in [0.5, 0.6) is 5.75 Å². The fourth-order valence-corrected chi connectivity index (χ4v) is 5.04. The van der Waals surface area contributed by atoms with E-state index < -0.39 is 51.1 Å². The van der Waals surface area contributed by atoms with Crippen LogP contribution in [0.25, 0.3) is 10.9 Å². The molecule has 0 bridgehead atoms. The van der Waals surface area contributed by atoms with Crippen molar-refractivity contribution in [3.8, 4) is 5.75 Å². The average Bonchev–Trinajstić information content (AvgIpc) is 3.48. The molecule has 0 amide bonds. The molecule has 2 aromatic rings. The Bertz CT molecular complexity index is 1320. The number of halogens is 1. The molecular formula is C20H21FN2O8S. The molecule has 1 saturated heterocycles. The number of anilines is 1. The van der Waals surface area contributed by atoms with Gasteiger partial charge in [-0.1, -0.05) is 0 Å². The van der Waals surface area contributed by atoms with E-state index in [4.69, 9.17) is 8.92 Å². The predicted molar refractivity (Wildman–Crippen MR) is 110 cm³/mol. The van der Waals surface area contributed by atoms with Gasteiger partial charge in [0.1, 0.15) is 23.5 Å². The highest BCUT2D eigenvalue weighted by atomic mass is 32.2. The Morgan fingerprint density at radius 1 is 1.38 bits per heavy atom. The molecule has 2 fully saturated rings. The zero-order chi connectivity index (χ0) is 23.0. The van der Waals surface area contributed by atoms with Gasteiger partial charge in [0, 0.05) is 25.2 Å². The van der Waals surface area contributed by atoms with Crippen LogP contribution in [0.4, 0.5) is 10.1 Å². The molecule has 0 unspecified atom stereocenters. The Labute approximate surface area is 181 Å². The van der Waals surface area contributed by atoms with Gasteiger partial charge in [-0.15, -0.1) is 0 Å². The molecule has 1 saturated carbocycles. The van der Waals surface area contributed by atoms with Crippen molar-refractivity contribution in [3.05, 3.63) is 33.9 Å². The summed E-state index contributed by atoms with van der Waals surface area (Å²) in [5.41, 5.74) is -2.40. The number of fused-ring (bicyclic) bond motifs is 5. The second kappa shape index (κ2) is 6.90. The maximum Gasteiger partial charge on any atom is 0.341 e. The normalized spacial score (nSPS) is 24.8. The number of aromatic nitrogens is 1. The smallest absolute Gasteiger partial charge is 0.341 e. The number of nitrogens with zero attached hydrogens (tertiary/aromatic N) is 2. The molecule has 172 valence electrons. The van der Waals surface area contributed by atoms with Gasteiger partial charge in [-0.25, -0.2) is 9.18 Å². The lowest BCUT2D eigenvalue weighted by atomic mass is 10.0. The number of hydrogen-bond acceptors (Lipinski definition) is 8. The summed E-state index contributed by atoms with van der Waals surface area (Å²) in [6.07, 6.45) is 3.84. The number of hydrogen-bond donors (Lipinski definition) is 2. The van der Waals surface area contributed by atoms with E-state index in [0.717, 1.165) is 25.2 Å². The Hall–Kier alpha value is -2.70. The van der Waals surface area contributed by atoms with E-state index in [1.807, 2.05) is 0 Å². The molecule has 2 N–H and O–H groups in total. The van der Waals surface area contributed by atoms with Crippen molar-refractivity contribution in [2.24, 2.45) is 0 Å². The Morgan fingerprint density at radius 3 is 2.72 bits per heavy atom. The third kappa shape index (κ3) is 3.42. The minimum Gasteiger partial charge on any atom is -0.487 e. The molecule has 2 atom stereocenters. The molecule has 3 heterocycles. The largest absolute Gasteiger partial charge is 0.487 e. The fraction of sp³-hybridized carbons (Fsp3) is 0.500. The number of carbonyl (C=O) groups is 1. The van der Waals surface area contributed by atoms with E-state index in [-0.39, 0.29) is 42.4 Å².